The van der Waals surface area contributed by atoms with Crippen molar-refractivity contribution >= 4 is 21.6 Å². The van der Waals surface area contributed by atoms with Crippen LogP contribution in [0.4, 0.5) is 5.69 Å². The lowest BCUT2D eigenvalue weighted by Crippen LogP contribution is -2.41. The Kier molecular flexibility index (Phi) is 6.57. The second-order valence-electron chi connectivity index (χ2n) is 7.32. The summed E-state index contributed by atoms with van der Waals surface area (Å²) in [6.45, 7) is 5.82. The molecule has 0 saturated carbocycles. The van der Waals surface area contributed by atoms with Crippen LogP contribution in [-0.4, -0.2) is 20.9 Å². The maximum absolute atomic E-state index is 13.4. The van der Waals surface area contributed by atoms with Crippen molar-refractivity contribution < 1.29 is 13.2 Å². The van der Waals surface area contributed by atoms with Gasteiger partial charge in [-0.2, -0.15) is 0 Å². The normalized spacial score (nSPS) is 11.2. The fourth-order valence-corrected chi connectivity index (χ4v) is 4.80. The van der Waals surface area contributed by atoms with E-state index < -0.39 is 10.0 Å². The third-order valence-corrected chi connectivity index (χ3v) is 6.75. The van der Waals surface area contributed by atoms with E-state index in [-0.39, 0.29) is 17.3 Å². The van der Waals surface area contributed by atoms with Gasteiger partial charge >= 0.3 is 0 Å². The molecule has 0 saturated heterocycles. The maximum Gasteiger partial charge on any atom is 0.264 e. The monoisotopic (exact) mass is 422 g/mol. The Morgan fingerprint density at radius 3 is 2.20 bits per heavy atom. The molecule has 156 valence electrons. The number of hydrogen-bond donors (Lipinski definition) is 1. The van der Waals surface area contributed by atoms with E-state index in [1.54, 1.807) is 24.3 Å². The van der Waals surface area contributed by atoms with Gasteiger partial charge < -0.3 is 5.32 Å². The maximum atomic E-state index is 13.4. The molecule has 0 atom stereocenters. The van der Waals surface area contributed by atoms with E-state index in [1.165, 1.54) is 16.4 Å². The number of sulfonamides is 1. The van der Waals surface area contributed by atoms with Crippen molar-refractivity contribution in [3.63, 3.8) is 0 Å². The Morgan fingerprint density at radius 1 is 0.867 bits per heavy atom. The third-order valence-electron chi connectivity index (χ3n) is 4.98. The summed E-state index contributed by atoms with van der Waals surface area (Å²) in [7, 11) is -3.90. The Balaban J connectivity index is 1.90. The van der Waals surface area contributed by atoms with Gasteiger partial charge in [0, 0.05) is 6.54 Å². The van der Waals surface area contributed by atoms with Crippen LogP contribution in [0.3, 0.4) is 0 Å². The molecule has 0 aromatic heterocycles. The molecule has 0 aliphatic carbocycles. The Hall–Kier alpha value is -3.12. The SMILES string of the molecule is Cc1ccc(N(CC(=O)NCc2ccccc2C)S(=O)(=O)c2ccccc2)c(C)c1. The van der Waals surface area contributed by atoms with Crippen molar-refractivity contribution in [1.82, 2.24) is 5.32 Å². The molecular weight excluding hydrogens is 396 g/mol. The highest BCUT2D eigenvalue weighted by molar-refractivity contribution is 7.92. The van der Waals surface area contributed by atoms with Gasteiger partial charge in [0.2, 0.25) is 5.91 Å². The summed E-state index contributed by atoms with van der Waals surface area (Å²) in [6, 6.07) is 21.5. The first-order valence-corrected chi connectivity index (χ1v) is 11.2. The number of hydrogen-bond acceptors (Lipinski definition) is 3. The summed E-state index contributed by atoms with van der Waals surface area (Å²) < 4.78 is 27.9. The lowest BCUT2D eigenvalue weighted by molar-refractivity contribution is -0.119. The van der Waals surface area contributed by atoms with E-state index >= 15 is 0 Å². The molecule has 0 radical (unpaired) electrons. The summed E-state index contributed by atoms with van der Waals surface area (Å²) in [5, 5.41) is 2.85. The highest BCUT2D eigenvalue weighted by Crippen LogP contribution is 2.27. The molecule has 0 unspecified atom stereocenters. The highest BCUT2D eigenvalue weighted by atomic mass is 32.2. The Labute approximate surface area is 178 Å². The fourth-order valence-electron chi connectivity index (χ4n) is 3.29. The average Bonchev–Trinajstić information content (AvgIpc) is 2.72. The zero-order valence-electron chi connectivity index (χ0n) is 17.4. The van der Waals surface area contributed by atoms with E-state index in [4.69, 9.17) is 0 Å². The molecule has 3 rings (SSSR count). The first-order valence-electron chi connectivity index (χ1n) is 9.75. The smallest absolute Gasteiger partial charge is 0.264 e. The summed E-state index contributed by atoms with van der Waals surface area (Å²) in [5.74, 6) is -0.363. The molecule has 0 aliphatic heterocycles. The minimum Gasteiger partial charge on any atom is -0.350 e. The molecule has 3 aromatic carbocycles. The standard InChI is InChI=1S/C24H26N2O3S/c1-18-13-14-23(20(3)15-18)26(30(28,29)22-11-5-4-6-12-22)17-24(27)25-16-21-10-8-7-9-19(21)2/h4-15H,16-17H2,1-3H3,(H,25,27). The minimum atomic E-state index is -3.90. The van der Waals surface area contributed by atoms with E-state index in [1.807, 2.05) is 57.2 Å². The van der Waals surface area contributed by atoms with Crippen LogP contribution in [0.15, 0.2) is 77.7 Å². The molecule has 1 amide bonds. The van der Waals surface area contributed by atoms with E-state index in [2.05, 4.69) is 5.32 Å². The van der Waals surface area contributed by atoms with Gasteiger partial charge in [-0.15, -0.1) is 0 Å². The van der Waals surface area contributed by atoms with E-state index in [9.17, 15) is 13.2 Å². The number of carbonyl (C=O) groups excluding carboxylic acids is 1. The van der Waals surface area contributed by atoms with Crippen molar-refractivity contribution in [2.45, 2.75) is 32.2 Å². The summed E-state index contributed by atoms with van der Waals surface area (Å²) in [5.41, 5.74) is 4.38. The predicted molar refractivity (Wildman–Crippen MR) is 120 cm³/mol. The van der Waals surface area contributed by atoms with Crippen LogP contribution in [0.2, 0.25) is 0 Å². The van der Waals surface area contributed by atoms with Crippen LogP contribution in [0, 0.1) is 20.8 Å². The number of aryl methyl sites for hydroxylation is 3. The van der Waals surface area contributed by atoms with Gasteiger partial charge in [-0.25, -0.2) is 8.42 Å². The lowest BCUT2D eigenvalue weighted by atomic mass is 10.1. The van der Waals surface area contributed by atoms with Crippen LogP contribution in [0.5, 0.6) is 0 Å². The zero-order chi connectivity index (χ0) is 21.7. The van der Waals surface area contributed by atoms with E-state index in [0.29, 0.717) is 12.2 Å². The predicted octanol–water partition coefficient (Wildman–Crippen LogP) is 4.12. The van der Waals surface area contributed by atoms with Gasteiger partial charge in [-0.3, -0.25) is 9.10 Å². The topological polar surface area (TPSA) is 66.5 Å². The Bertz CT molecular complexity index is 1140. The van der Waals surface area contributed by atoms with Crippen molar-refractivity contribution in [3.8, 4) is 0 Å². The number of anilines is 1. The second kappa shape index (κ2) is 9.13. The van der Waals surface area contributed by atoms with Crippen molar-refractivity contribution in [2.24, 2.45) is 0 Å². The van der Waals surface area contributed by atoms with Gasteiger partial charge in [0.1, 0.15) is 6.54 Å². The molecule has 1 N–H and O–H groups in total. The molecule has 0 heterocycles. The largest absolute Gasteiger partial charge is 0.350 e. The molecule has 0 aliphatic rings. The summed E-state index contributed by atoms with van der Waals surface area (Å²) in [6.07, 6.45) is 0. The zero-order valence-corrected chi connectivity index (χ0v) is 18.2. The summed E-state index contributed by atoms with van der Waals surface area (Å²) >= 11 is 0. The van der Waals surface area contributed by atoms with Crippen molar-refractivity contribution in [2.75, 3.05) is 10.8 Å². The molecule has 3 aromatic rings. The quantitative estimate of drug-likeness (QED) is 0.623. The number of rotatable bonds is 7. The van der Waals surface area contributed by atoms with Crippen LogP contribution >= 0.6 is 0 Å². The first kappa shape index (κ1) is 21.6. The average molecular weight is 423 g/mol. The Morgan fingerprint density at radius 2 is 1.53 bits per heavy atom. The molecule has 0 spiro atoms. The minimum absolute atomic E-state index is 0.150. The molecule has 6 heteroatoms. The molecule has 5 nitrogen and oxygen atoms in total. The van der Waals surface area contributed by atoms with Crippen LogP contribution in [0.1, 0.15) is 22.3 Å². The number of carbonyl (C=O) groups is 1. The molecule has 30 heavy (non-hydrogen) atoms. The summed E-state index contributed by atoms with van der Waals surface area (Å²) in [4.78, 5) is 12.9. The van der Waals surface area contributed by atoms with Gasteiger partial charge in [0.15, 0.2) is 0 Å². The molecule has 0 fully saturated rings. The van der Waals surface area contributed by atoms with Gasteiger partial charge in [-0.05, 0) is 55.7 Å². The van der Waals surface area contributed by atoms with Gasteiger partial charge in [0.05, 0.1) is 10.6 Å². The van der Waals surface area contributed by atoms with Crippen LogP contribution in [0.25, 0.3) is 0 Å². The second-order valence-corrected chi connectivity index (χ2v) is 9.18. The van der Waals surface area contributed by atoms with Gasteiger partial charge in [0.25, 0.3) is 10.0 Å². The highest BCUT2D eigenvalue weighted by Gasteiger charge is 2.28. The molecule has 0 bridgehead atoms. The number of benzene rings is 3. The van der Waals surface area contributed by atoms with Gasteiger partial charge in [-0.1, -0.05) is 60.2 Å². The fraction of sp³-hybridized carbons (Fsp3) is 0.208. The number of amides is 1. The number of nitrogens with one attached hydrogen (secondary N) is 1. The molecular formula is C24H26N2O3S. The van der Waals surface area contributed by atoms with Crippen LogP contribution in [-0.2, 0) is 21.4 Å². The third kappa shape index (κ3) is 4.89. The van der Waals surface area contributed by atoms with Crippen molar-refractivity contribution in [1.29, 1.82) is 0 Å². The van der Waals surface area contributed by atoms with Crippen LogP contribution < -0.4 is 9.62 Å². The van der Waals surface area contributed by atoms with Crippen molar-refractivity contribution in [3.05, 3.63) is 95.1 Å². The number of nitrogens with zero attached hydrogens (tertiary/aromatic N) is 1. The van der Waals surface area contributed by atoms with E-state index in [0.717, 1.165) is 22.3 Å². The lowest BCUT2D eigenvalue weighted by Gasteiger charge is -2.26. The first-order chi connectivity index (χ1) is 14.3.